The average molecular weight is 438 g/mol. The zero-order chi connectivity index (χ0) is 22.5. The van der Waals surface area contributed by atoms with Gasteiger partial charge < -0.3 is 15.3 Å². The van der Waals surface area contributed by atoms with Crippen LogP contribution in [0.2, 0.25) is 0 Å². The van der Waals surface area contributed by atoms with Crippen molar-refractivity contribution in [2.24, 2.45) is 5.92 Å². The van der Waals surface area contributed by atoms with Crippen molar-refractivity contribution in [3.05, 3.63) is 35.4 Å². The van der Waals surface area contributed by atoms with Gasteiger partial charge in [-0.1, -0.05) is 50.7 Å². The van der Waals surface area contributed by atoms with E-state index in [-0.39, 0.29) is 30.6 Å². The maximum atomic E-state index is 13.0. The lowest BCUT2D eigenvalue weighted by Crippen LogP contribution is -2.68. The third-order valence-electron chi connectivity index (χ3n) is 7.38. The van der Waals surface area contributed by atoms with Crippen LogP contribution in [0.3, 0.4) is 0 Å². The first kappa shape index (κ1) is 23.1. The summed E-state index contributed by atoms with van der Waals surface area (Å²) >= 11 is 0. The quantitative estimate of drug-likeness (QED) is 0.701. The molecule has 174 valence electrons. The molecule has 2 saturated heterocycles. The van der Waals surface area contributed by atoms with Gasteiger partial charge in [-0.2, -0.15) is 0 Å². The summed E-state index contributed by atoms with van der Waals surface area (Å²) in [4.78, 5) is 17.5. The topological polar surface area (TPSA) is 55.8 Å². The van der Waals surface area contributed by atoms with E-state index >= 15 is 0 Å². The first-order valence-corrected chi connectivity index (χ1v) is 12.6. The van der Waals surface area contributed by atoms with Gasteiger partial charge in [0.25, 0.3) is 0 Å². The van der Waals surface area contributed by atoms with Crippen molar-refractivity contribution in [1.29, 1.82) is 0 Å². The van der Waals surface area contributed by atoms with Crippen molar-refractivity contribution in [2.75, 3.05) is 26.2 Å². The highest BCUT2D eigenvalue weighted by Gasteiger charge is 2.49. The van der Waals surface area contributed by atoms with Crippen molar-refractivity contribution in [2.45, 2.75) is 82.8 Å². The number of benzene rings is 1. The molecule has 0 aromatic heterocycles. The number of aliphatic hydroxyl groups is 1. The van der Waals surface area contributed by atoms with E-state index in [1.165, 1.54) is 18.4 Å². The minimum atomic E-state index is 0.0979. The fourth-order valence-electron chi connectivity index (χ4n) is 5.61. The van der Waals surface area contributed by atoms with Gasteiger partial charge in [-0.25, -0.2) is 4.79 Å². The molecule has 3 fully saturated rings. The van der Waals surface area contributed by atoms with Gasteiger partial charge in [-0.3, -0.25) is 4.90 Å². The van der Waals surface area contributed by atoms with Crippen molar-refractivity contribution in [1.82, 2.24) is 15.1 Å². The molecule has 1 saturated carbocycles. The number of amides is 2. The van der Waals surface area contributed by atoms with E-state index in [0.717, 1.165) is 57.3 Å². The molecule has 0 spiro atoms. The number of rotatable bonds is 4. The summed E-state index contributed by atoms with van der Waals surface area (Å²) in [6.07, 6.45) is 7.66. The first-order valence-electron chi connectivity index (χ1n) is 12.6. The zero-order valence-electron chi connectivity index (χ0n) is 19.7. The maximum Gasteiger partial charge on any atom is 0.317 e. The lowest BCUT2D eigenvalue weighted by molar-refractivity contribution is -0.0591. The van der Waals surface area contributed by atoms with Crippen molar-refractivity contribution in [3.8, 4) is 11.8 Å². The Balaban J connectivity index is 1.46. The average Bonchev–Trinajstić information content (AvgIpc) is 3.26. The number of nitrogens with one attached hydrogen (secondary N) is 1. The minimum Gasteiger partial charge on any atom is -0.395 e. The molecule has 0 radical (unpaired) electrons. The Bertz CT molecular complexity index is 820. The smallest absolute Gasteiger partial charge is 0.317 e. The predicted molar refractivity (Wildman–Crippen MR) is 128 cm³/mol. The highest BCUT2D eigenvalue weighted by atomic mass is 16.3. The number of hydrogen-bond acceptors (Lipinski definition) is 3. The summed E-state index contributed by atoms with van der Waals surface area (Å²) in [6.45, 7) is 7.08. The molecule has 2 heterocycles. The summed E-state index contributed by atoms with van der Waals surface area (Å²) in [6, 6.07) is 9.39. The number of carbonyl (C=O) groups excluding carboxylic acids is 1. The van der Waals surface area contributed by atoms with Crippen LogP contribution in [0.5, 0.6) is 0 Å². The van der Waals surface area contributed by atoms with E-state index in [9.17, 15) is 9.90 Å². The lowest BCUT2D eigenvalue weighted by Gasteiger charge is -2.57. The molecule has 3 atom stereocenters. The Morgan fingerprint density at radius 2 is 1.84 bits per heavy atom. The van der Waals surface area contributed by atoms with Gasteiger partial charge in [0.2, 0.25) is 0 Å². The van der Waals surface area contributed by atoms with Crippen molar-refractivity contribution >= 4 is 6.03 Å². The van der Waals surface area contributed by atoms with Gasteiger partial charge in [0.1, 0.15) is 0 Å². The summed E-state index contributed by atoms with van der Waals surface area (Å²) < 4.78 is 0. The van der Waals surface area contributed by atoms with Crippen LogP contribution in [0.25, 0.3) is 0 Å². The number of aliphatic hydroxyl groups excluding tert-OH is 1. The van der Waals surface area contributed by atoms with Crippen molar-refractivity contribution in [3.63, 3.8) is 0 Å². The van der Waals surface area contributed by atoms with E-state index in [1.807, 2.05) is 4.90 Å². The third-order valence-corrected chi connectivity index (χ3v) is 7.38. The molecule has 2 amide bonds. The van der Waals surface area contributed by atoms with Crippen LogP contribution in [-0.2, 0) is 0 Å². The van der Waals surface area contributed by atoms with Crippen LogP contribution < -0.4 is 5.32 Å². The molecule has 0 bridgehead atoms. The van der Waals surface area contributed by atoms with Gasteiger partial charge >= 0.3 is 6.03 Å². The number of urea groups is 1. The second kappa shape index (κ2) is 10.7. The number of fused-ring (bicyclic) bond motifs is 1. The molecule has 5 heteroatoms. The molecule has 5 nitrogen and oxygen atoms in total. The maximum absolute atomic E-state index is 13.0. The SMILES string of the molecule is CC(C)CC#Cc1ccc([C@H]2[C@H]3CN(C(=O)NC4CCCC4)CCCCN3[C@H]2CO)cc1. The lowest BCUT2D eigenvalue weighted by atomic mass is 9.74. The summed E-state index contributed by atoms with van der Waals surface area (Å²) in [7, 11) is 0. The normalized spacial score (nSPS) is 26.5. The van der Waals surface area contributed by atoms with Crippen LogP contribution in [-0.4, -0.2) is 65.3 Å². The fraction of sp³-hybridized carbons (Fsp3) is 0.667. The Labute approximate surface area is 193 Å². The van der Waals surface area contributed by atoms with Gasteiger partial charge in [-0.15, -0.1) is 0 Å². The molecule has 0 unspecified atom stereocenters. The third kappa shape index (κ3) is 5.30. The van der Waals surface area contributed by atoms with Crippen LogP contribution in [0.4, 0.5) is 4.79 Å². The Morgan fingerprint density at radius 1 is 1.12 bits per heavy atom. The fourth-order valence-corrected chi connectivity index (χ4v) is 5.61. The zero-order valence-corrected chi connectivity index (χ0v) is 19.7. The number of carbonyl (C=O) groups is 1. The Hall–Kier alpha value is -2.03. The molecular formula is C27H39N3O2. The molecule has 1 aliphatic carbocycles. The molecule has 4 rings (SSSR count). The molecular weight excluding hydrogens is 398 g/mol. The van der Waals surface area contributed by atoms with Crippen LogP contribution in [0, 0.1) is 17.8 Å². The molecule has 2 aliphatic heterocycles. The van der Waals surface area contributed by atoms with Gasteiger partial charge in [-0.05, 0) is 55.8 Å². The Morgan fingerprint density at radius 3 is 2.53 bits per heavy atom. The van der Waals surface area contributed by atoms with E-state index in [1.54, 1.807) is 0 Å². The van der Waals surface area contributed by atoms with E-state index in [2.05, 4.69) is 60.2 Å². The molecule has 1 aromatic rings. The second-order valence-electron chi connectivity index (χ2n) is 10.2. The largest absolute Gasteiger partial charge is 0.395 e. The molecule has 2 N–H and O–H groups in total. The van der Waals surface area contributed by atoms with Gasteiger partial charge in [0.05, 0.1) is 6.61 Å². The second-order valence-corrected chi connectivity index (χ2v) is 10.2. The van der Waals surface area contributed by atoms with Crippen LogP contribution in [0.15, 0.2) is 24.3 Å². The van der Waals surface area contributed by atoms with E-state index in [0.29, 0.717) is 12.0 Å². The highest BCUT2D eigenvalue weighted by molar-refractivity contribution is 5.74. The first-order chi connectivity index (χ1) is 15.6. The summed E-state index contributed by atoms with van der Waals surface area (Å²) in [5, 5.41) is 13.4. The summed E-state index contributed by atoms with van der Waals surface area (Å²) in [5.74, 6) is 7.35. The number of hydrogen-bond donors (Lipinski definition) is 2. The van der Waals surface area contributed by atoms with Crippen LogP contribution in [0.1, 0.15) is 75.8 Å². The molecule has 3 aliphatic rings. The molecule has 1 aromatic carbocycles. The highest BCUT2D eigenvalue weighted by Crippen LogP contribution is 2.42. The van der Waals surface area contributed by atoms with Crippen LogP contribution >= 0.6 is 0 Å². The predicted octanol–water partition coefficient (Wildman–Crippen LogP) is 3.96. The van der Waals surface area contributed by atoms with E-state index in [4.69, 9.17) is 0 Å². The van der Waals surface area contributed by atoms with Gasteiger partial charge in [0.15, 0.2) is 0 Å². The molecule has 32 heavy (non-hydrogen) atoms. The minimum absolute atomic E-state index is 0.0979. The van der Waals surface area contributed by atoms with Gasteiger partial charge in [0, 0.05) is 49.1 Å². The van der Waals surface area contributed by atoms with E-state index < -0.39 is 0 Å². The Kier molecular flexibility index (Phi) is 7.75. The standard InChI is InChI=1S/C27H39N3O2/c1-20(2)8-7-9-21-12-14-22(15-13-21)26-24-18-29(27(32)28-23-10-3-4-11-23)16-5-6-17-30(24)25(26)19-31/h12-15,20,23-26,31H,3-6,8,10-11,16-19H2,1-2H3,(H,28,32)/t24-,25+,26+/m1/s1. The monoisotopic (exact) mass is 437 g/mol. The number of nitrogens with zero attached hydrogens (tertiary/aromatic N) is 2. The van der Waals surface area contributed by atoms with Crippen molar-refractivity contribution < 1.29 is 9.90 Å². The summed E-state index contributed by atoms with van der Waals surface area (Å²) in [5.41, 5.74) is 2.29.